The summed E-state index contributed by atoms with van der Waals surface area (Å²) >= 11 is 12.5. The SMILES string of the molecule is CC(NC(=O)C1(c2ccc(Cl)c(Cl)c2)CCC(N2CCC(c3ccccc3)CC2)C1)c1cc(C(F)(F)F)cc(C(F)(F)F)c1. The van der Waals surface area contributed by atoms with Crippen LogP contribution < -0.4 is 5.32 Å². The first-order chi connectivity index (χ1) is 20.7. The highest BCUT2D eigenvalue weighted by Crippen LogP contribution is 2.46. The van der Waals surface area contributed by atoms with E-state index in [9.17, 15) is 31.1 Å². The highest BCUT2D eigenvalue weighted by atomic mass is 35.5. The smallest absolute Gasteiger partial charge is 0.349 e. The van der Waals surface area contributed by atoms with Crippen molar-refractivity contribution < 1.29 is 31.1 Å². The Bertz CT molecular complexity index is 1460. The molecule has 2 aliphatic rings. The Morgan fingerprint density at radius 1 is 0.864 bits per heavy atom. The van der Waals surface area contributed by atoms with Crippen molar-refractivity contribution in [2.45, 2.75) is 74.8 Å². The van der Waals surface area contributed by atoms with Crippen LogP contribution in [0.2, 0.25) is 10.0 Å². The molecule has 1 saturated carbocycles. The normalized spacial score (nSPS) is 22.6. The number of carbonyl (C=O) groups is 1. The number of carbonyl (C=O) groups excluding carboxylic acids is 1. The molecule has 1 aliphatic carbocycles. The average molecular weight is 658 g/mol. The van der Waals surface area contributed by atoms with Crippen LogP contribution >= 0.6 is 23.2 Å². The largest absolute Gasteiger partial charge is 0.416 e. The molecule has 3 unspecified atom stereocenters. The van der Waals surface area contributed by atoms with Crippen molar-refractivity contribution in [3.05, 3.63) is 105 Å². The van der Waals surface area contributed by atoms with E-state index in [1.54, 1.807) is 18.2 Å². The minimum absolute atomic E-state index is 0.0626. The average Bonchev–Trinajstić information content (AvgIpc) is 3.45. The number of benzene rings is 3. The van der Waals surface area contributed by atoms with Crippen molar-refractivity contribution in [3.63, 3.8) is 0 Å². The molecular weight excluding hydrogens is 625 g/mol. The van der Waals surface area contributed by atoms with Crippen LogP contribution in [0.1, 0.15) is 78.8 Å². The monoisotopic (exact) mass is 656 g/mol. The summed E-state index contributed by atoms with van der Waals surface area (Å²) in [6.07, 6.45) is -6.48. The van der Waals surface area contributed by atoms with Crippen LogP contribution in [0.25, 0.3) is 0 Å². The Morgan fingerprint density at radius 2 is 1.48 bits per heavy atom. The summed E-state index contributed by atoms with van der Waals surface area (Å²) in [7, 11) is 0. The van der Waals surface area contributed by atoms with E-state index in [0.717, 1.165) is 25.9 Å². The lowest BCUT2D eigenvalue weighted by Crippen LogP contribution is -2.46. The summed E-state index contributed by atoms with van der Waals surface area (Å²) in [5, 5.41) is 3.31. The fraction of sp³-hybridized carbons (Fsp3) is 0.424. The lowest BCUT2D eigenvalue weighted by atomic mass is 9.77. The van der Waals surface area contributed by atoms with Crippen molar-refractivity contribution in [1.82, 2.24) is 10.2 Å². The van der Waals surface area contributed by atoms with Crippen LogP contribution in [0.15, 0.2) is 66.7 Å². The van der Waals surface area contributed by atoms with Gasteiger partial charge in [0, 0.05) is 6.04 Å². The van der Waals surface area contributed by atoms with E-state index in [4.69, 9.17) is 23.2 Å². The second-order valence-corrected chi connectivity index (χ2v) is 12.7. The van der Waals surface area contributed by atoms with Crippen molar-refractivity contribution in [2.24, 2.45) is 0 Å². The number of alkyl halides is 6. The van der Waals surface area contributed by atoms with Gasteiger partial charge >= 0.3 is 12.4 Å². The molecule has 1 heterocycles. The van der Waals surface area contributed by atoms with Crippen LogP contribution in [0.5, 0.6) is 0 Å². The molecule has 3 atom stereocenters. The first-order valence-corrected chi connectivity index (χ1v) is 15.3. The van der Waals surface area contributed by atoms with Gasteiger partial charge in [-0.2, -0.15) is 26.3 Å². The first kappa shape index (κ1) is 32.6. The molecule has 3 nitrogen and oxygen atoms in total. The molecule has 1 amide bonds. The number of halogens is 8. The van der Waals surface area contributed by atoms with E-state index in [-0.39, 0.29) is 22.7 Å². The number of amides is 1. The lowest BCUT2D eigenvalue weighted by Gasteiger charge is -2.37. The third kappa shape index (κ3) is 6.90. The van der Waals surface area contributed by atoms with Gasteiger partial charge in [-0.05, 0) is 105 Å². The van der Waals surface area contributed by atoms with Crippen molar-refractivity contribution in [3.8, 4) is 0 Å². The van der Waals surface area contributed by atoms with Crippen LogP contribution in [0, 0.1) is 0 Å². The van der Waals surface area contributed by atoms with Gasteiger partial charge in [-0.15, -0.1) is 0 Å². The Balaban J connectivity index is 1.40. The fourth-order valence-electron chi connectivity index (χ4n) is 6.69. The van der Waals surface area contributed by atoms with Gasteiger partial charge in [-0.3, -0.25) is 4.79 Å². The van der Waals surface area contributed by atoms with Gasteiger partial charge in [0.05, 0.1) is 32.6 Å². The zero-order chi connectivity index (χ0) is 31.9. The number of rotatable bonds is 6. The van der Waals surface area contributed by atoms with Crippen molar-refractivity contribution in [1.29, 1.82) is 0 Å². The summed E-state index contributed by atoms with van der Waals surface area (Å²) in [6.45, 7) is 3.09. The third-order valence-corrected chi connectivity index (χ3v) is 9.91. The summed E-state index contributed by atoms with van der Waals surface area (Å²) < 4.78 is 81.1. The number of likely N-dealkylation sites (tertiary alicyclic amines) is 1. The molecule has 1 N–H and O–H groups in total. The second-order valence-electron chi connectivity index (χ2n) is 11.9. The number of nitrogens with one attached hydrogen (secondary N) is 1. The Labute approximate surface area is 262 Å². The van der Waals surface area contributed by atoms with Gasteiger partial charge in [0.1, 0.15) is 0 Å². The highest BCUT2D eigenvalue weighted by Gasteiger charge is 2.49. The summed E-state index contributed by atoms with van der Waals surface area (Å²) in [6, 6.07) is 15.6. The quantitative estimate of drug-likeness (QED) is 0.268. The van der Waals surface area contributed by atoms with Crippen LogP contribution in [0.4, 0.5) is 26.3 Å². The molecule has 1 saturated heterocycles. The highest BCUT2D eigenvalue weighted by molar-refractivity contribution is 6.42. The molecule has 2 fully saturated rings. The van der Waals surface area contributed by atoms with E-state index >= 15 is 0 Å². The summed E-state index contributed by atoms with van der Waals surface area (Å²) in [4.78, 5) is 16.5. The molecule has 236 valence electrons. The Hall–Kier alpha value is -2.75. The summed E-state index contributed by atoms with van der Waals surface area (Å²) in [5.74, 6) is -0.0251. The van der Waals surface area contributed by atoms with E-state index in [2.05, 4.69) is 22.3 Å². The van der Waals surface area contributed by atoms with E-state index in [1.807, 2.05) is 18.2 Å². The number of nitrogens with zero attached hydrogens (tertiary/aromatic N) is 1. The summed E-state index contributed by atoms with van der Waals surface area (Å²) in [5.41, 5.74) is -2.33. The predicted molar refractivity (Wildman–Crippen MR) is 159 cm³/mol. The van der Waals surface area contributed by atoms with Crippen LogP contribution in [-0.4, -0.2) is 29.9 Å². The van der Waals surface area contributed by atoms with E-state index in [1.165, 1.54) is 12.5 Å². The van der Waals surface area contributed by atoms with Crippen molar-refractivity contribution in [2.75, 3.05) is 13.1 Å². The molecular formula is C33H32Cl2F6N2O. The molecule has 44 heavy (non-hydrogen) atoms. The number of hydrogen-bond acceptors (Lipinski definition) is 2. The first-order valence-electron chi connectivity index (χ1n) is 14.5. The third-order valence-electron chi connectivity index (χ3n) is 9.17. The molecule has 1 aliphatic heterocycles. The van der Waals surface area contributed by atoms with Gasteiger partial charge in [0.2, 0.25) is 5.91 Å². The van der Waals surface area contributed by atoms with Gasteiger partial charge in [0.25, 0.3) is 0 Å². The van der Waals surface area contributed by atoms with Crippen molar-refractivity contribution >= 4 is 29.1 Å². The minimum Gasteiger partial charge on any atom is -0.349 e. The molecule has 11 heteroatoms. The molecule has 3 aromatic carbocycles. The topological polar surface area (TPSA) is 32.3 Å². The fourth-order valence-corrected chi connectivity index (χ4v) is 6.99. The number of piperidine rings is 1. The van der Waals surface area contributed by atoms with Gasteiger partial charge < -0.3 is 10.2 Å². The second kappa shape index (κ2) is 12.6. The maximum Gasteiger partial charge on any atom is 0.416 e. The standard InChI is InChI=1S/C33H32Cl2F6N2O/c1-20(23-15-25(32(36,37)38)17-26(16-23)33(39,40)41)42-30(44)31(24-7-8-28(34)29(35)18-24)12-9-27(19-31)43-13-10-22(11-14-43)21-5-3-2-4-6-21/h2-8,15-18,20,22,27H,9-14,19H2,1H3,(H,42,44). The molecule has 0 aromatic heterocycles. The maximum absolute atomic E-state index is 14.1. The molecule has 0 bridgehead atoms. The molecule has 0 spiro atoms. The van der Waals surface area contributed by atoms with Crippen LogP contribution in [-0.2, 0) is 22.6 Å². The molecule has 5 rings (SSSR count). The van der Waals surface area contributed by atoms with Crippen LogP contribution in [0.3, 0.4) is 0 Å². The zero-order valence-corrected chi connectivity index (χ0v) is 25.4. The maximum atomic E-state index is 14.1. The molecule has 0 radical (unpaired) electrons. The minimum atomic E-state index is -4.99. The Kier molecular flexibility index (Phi) is 9.32. The van der Waals surface area contributed by atoms with E-state index < -0.39 is 40.8 Å². The number of hydrogen-bond donors (Lipinski definition) is 1. The van der Waals surface area contributed by atoms with Gasteiger partial charge in [-0.25, -0.2) is 0 Å². The lowest BCUT2D eigenvalue weighted by molar-refractivity contribution is -0.143. The molecule has 3 aromatic rings. The zero-order valence-electron chi connectivity index (χ0n) is 23.9. The Morgan fingerprint density at radius 3 is 2.05 bits per heavy atom. The van der Waals surface area contributed by atoms with E-state index in [0.29, 0.717) is 47.9 Å². The van der Waals surface area contributed by atoms with Gasteiger partial charge in [-0.1, -0.05) is 59.6 Å². The van der Waals surface area contributed by atoms with Gasteiger partial charge in [0.15, 0.2) is 0 Å². The predicted octanol–water partition coefficient (Wildman–Crippen LogP) is 9.58.